The third-order valence-corrected chi connectivity index (χ3v) is 4.84. The van der Waals surface area contributed by atoms with Crippen LogP contribution in [0.5, 0.6) is 0 Å². The predicted octanol–water partition coefficient (Wildman–Crippen LogP) is 4.50. The second kappa shape index (κ2) is 8.55. The summed E-state index contributed by atoms with van der Waals surface area (Å²) < 4.78 is 0.939. The summed E-state index contributed by atoms with van der Waals surface area (Å²) >= 11 is 10.9. The monoisotopic (exact) mass is 426 g/mol. The molecule has 4 nitrogen and oxygen atoms in total. The molecule has 2 rings (SSSR count). The van der Waals surface area contributed by atoms with Gasteiger partial charge in [-0.2, -0.15) is 0 Å². The van der Waals surface area contributed by atoms with Crippen molar-refractivity contribution in [3.8, 4) is 0 Å². The maximum atomic E-state index is 12.2. The summed E-state index contributed by atoms with van der Waals surface area (Å²) in [6, 6.07) is 10.8. The van der Waals surface area contributed by atoms with E-state index >= 15 is 0 Å². The molecule has 0 bridgehead atoms. The Morgan fingerprint density at radius 3 is 2.62 bits per heavy atom. The van der Waals surface area contributed by atoms with E-state index < -0.39 is 0 Å². The minimum atomic E-state index is -0.376. The molecule has 7 heteroatoms. The van der Waals surface area contributed by atoms with Crippen molar-refractivity contribution in [1.82, 2.24) is 5.32 Å². The van der Waals surface area contributed by atoms with Gasteiger partial charge >= 0.3 is 0 Å². The number of hydrogen-bond acceptors (Lipinski definition) is 3. The smallest absolute Gasteiger partial charge is 0.253 e. The van der Waals surface area contributed by atoms with Crippen molar-refractivity contribution >= 4 is 56.8 Å². The lowest BCUT2D eigenvalue weighted by atomic mass is 10.2. The SMILES string of the molecule is CSc1ccc(Cl)c(C(=O)NCC(=O)Nc2ccc(Br)cc2C)c1. The summed E-state index contributed by atoms with van der Waals surface area (Å²) in [5.74, 6) is -0.676. The molecule has 0 aliphatic heterocycles. The van der Waals surface area contributed by atoms with E-state index in [4.69, 9.17) is 11.6 Å². The fraction of sp³-hybridized carbons (Fsp3) is 0.176. The maximum absolute atomic E-state index is 12.2. The first-order valence-corrected chi connectivity index (χ1v) is 9.48. The summed E-state index contributed by atoms with van der Waals surface area (Å²) in [6.07, 6.45) is 1.92. The molecule has 0 aromatic heterocycles. The number of benzene rings is 2. The van der Waals surface area contributed by atoms with Crippen LogP contribution in [0.2, 0.25) is 5.02 Å². The summed E-state index contributed by atoms with van der Waals surface area (Å²) in [5.41, 5.74) is 2.00. The zero-order chi connectivity index (χ0) is 17.7. The van der Waals surface area contributed by atoms with Crippen LogP contribution in [0.1, 0.15) is 15.9 Å². The van der Waals surface area contributed by atoms with Gasteiger partial charge in [0.05, 0.1) is 17.1 Å². The number of anilines is 1. The van der Waals surface area contributed by atoms with Crippen LogP contribution in [0.4, 0.5) is 5.69 Å². The average Bonchev–Trinajstić information content (AvgIpc) is 2.55. The van der Waals surface area contributed by atoms with Gasteiger partial charge in [-0.15, -0.1) is 11.8 Å². The highest BCUT2D eigenvalue weighted by molar-refractivity contribution is 9.10. The van der Waals surface area contributed by atoms with Crippen molar-refractivity contribution in [3.05, 3.63) is 57.0 Å². The van der Waals surface area contributed by atoms with Gasteiger partial charge in [0.15, 0.2) is 0 Å². The number of halogens is 2. The Labute approximate surface area is 158 Å². The summed E-state index contributed by atoms with van der Waals surface area (Å²) in [4.78, 5) is 25.2. The molecular weight excluding hydrogens is 412 g/mol. The summed E-state index contributed by atoms with van der Waals surface area (Å²) in [5, 5.41) is 5.71. The fourth-order valence-electron chi connectivity index (χ4n) is 2.02. The molecule has 0 fully saturated rings. The van der Waals surface area contributed by atoms with Crippen LogP contribution in [-0.2, 0) is 4.79 Å². The van der Waals surface area contributed by atoms with Gasteiger partial charge in [0, 0.05) is 15.1 Å². The van der Waals surface area contributed by atoms with Crippen molar-refractivity contribution in [2.24, 2.45) is 0 Å². The van der Waals surface area contributed by atoms with E-state index in [1.807, 2.05) is 31.4 Å². The molecule has 0 saturated carbocycles. The zero-order valence-corrected chi connectivity index (χ0v) is 16.3. The van der Waals surface area contributed by atoms with Crippen molar-refractivity contribution < 1.29 is 9.59 Å². The lowest BCUT2D eigenvalue weighted by molar-refractivity contribution is -0.115. The molecule has 0 aliphatic rings. The molecular formula is C17H16BrClN2O2S. The lowest BCUT2D eigenvalue weighted by Crippen LogP contribution is -2.33. The summed E-state index contributed by atoms with van der Waals surface area (Å²) in [7, 11) is 0. The van der Waals surface area contributed by atoms with Crippen molar-refractivity contribution in [2.75, 3.05) is 18.1 Å². The number of rotatable bonds is 5. The number of nitrogens with one attached hydrogen (secondary N) is 2. The quantitative estimate of drug-likeness (QED) is 0.691. The molecule has 0 aliphatic carbocycles. The Bertz CT molecular complexity index is 783. The van der Waals surface area contributed by atoms with Crippen molar-refractivity contribution in [3.63, 3.8) is 0 Å². The number of thioether (sulfide) groups is 1. The Morgan fingerprint density at radius 1 is 1.21 bits per heavy atom. The van der Waals surface area contributed by atoms with Crippen LogP contribution in [0.15, 0.2) is 45.8 Å². The molecule has 24 heavy (non-hydrogen) atoms. The van der Waals surface area contributed by atoms with E-state index in [1.165, 1.54) is 11.8 Å². The fourth-order valence-corrected chi connectivity index (χ4v) is 3.14. The maximum Gasteiger partial charge on any atom is 0.253 e. The molecule has 2 aromatic rings. The molecule has 0 radical (unpaired) electrons. The molecule has 2 amide bonds. The van der Waals surface area contributed by atoms with E-state index in [-0.39, 0.29) is 18.4 Å². The van der Waals surface area contributed by atoms with Crippen LogP contribution < -0.4 is 10.6 Å². The molecule has 0 unspecified atom stereocenters. The topological polar surface area (TPSA) is 58.2 Å². The van der Waals surface area contributed by atoms with Crippen LogP contribution in [-0.4, -0.2) is 24.6 Å². The van der Waals surface area contributed by atoms with E-state index in [0.29, 0.717) is 16.3 Å². The van der Waals surface area contributed by atoms with Crippen molar-refractivity contribution in [1.29, 1.82) is 0 Å². The van der Waals surface area contributed by atoms with Crippen LogP contribution in [0.25, 0.3) is 0 Å². The highest BCUT2D eigenvalue weighted by Gasteiger charge is 2.13. The number of aryl methyl sites for hydroxylation is 1. The van der Waals surface area contributed by atoms with Crippen LogP contribution in [0.3, 0.4) is 0 Å². The molecule has 2 N–H and O–H groups in total. The highest BCUT2D eigenvalue weighted by atomic mass is 79.9. The Balaban J connectivity index is 1.97. The molecule has 2 aromatic carbocycles. The Hall–Kier alpha value is -1.50. The van der Waals surface area contributed by atoms with Gasteiger partial charge in [-0.05, 0) is 55.1 Å². The van der Waals surface area contributed by atoms with Gasteiger partial charge in [-0.25, -0.2) is 0 Å². The minimum Gasteiger partial charge on any atom is -0.343 e. The first kappa shape index (κ1) is 18.8. The Kier molecular flexibility index (Phi) is 6.71. The molecule has 0 heterocycles. The first-order valence-electron chi connectivity index (χ1n) is 7.08. The third kappa shape index (κ3) is 5.00. The van der Waals surface area contributed by atoms with E-state index in [9.17, 15) is 9.59 Å². The van der Waals surface area contributed by atoms with Gasteiger partial charge in [-0.3, -0.25) is 9.59 Å². The lowest BCUT2D eigenvalue weighted by Gasteiger charge is -2.10. The first-order chi connectivity index (χ1) is 11.4. The highest BCUT2D eigenvalue weighted by Crippen LogP contribution is 2.23. The van der Waals surface area contributed by atoms with E-state index in [2.05, 4.69) is 26.6 Å². The summed E-state index contributed by atoms with van der Waals surface area (Å²) in [6.45, 7) is 1.76. The number of amides is 2. The molecule has 126 valence electrons. The van der Waals surface area contributed by atoms with Crippen LogP contribution >= 0.6 is 39.3 Å². The second-order valence-electron chi connectivity index (χ2n) is 5.04. The third-order valence-electron chi connectivity index (χ3n) is 3.29. The molecule has 0 atom stereocenters. The van der Waals surface area contributed by atoms with Gasteiger partial charge in [0.25, 0.3) is 5.91 Å². The minimum absolute atomic E-state index is 0.131. The number of carbonyl (C=O) groups is 2. The standard InChI is InChI=1S/C17H16BrClN2O2S/c1-10-7-11(18)3-6-15(10)21-16(22)9-20-17(23)13-8-12(24-2)4-5-14(13)19/h3-8H,9H2,1-2H3,(H,20,23)(H,21,22). The van der Waals surface area contributed by atoms with Gasteiger partial charge in [0.1, 0.15) is 0 Å². The Morgan fingerprint density at radius 2 is 1.96 bits per heavy atom. The predicted molar refractivity (Wildman–Crippen MR) is 103 cm³/mol. The molecule has 0 saturated heterocycles. The van der Waals surface area contributed by atoms with Crippen molar-refractivity contribution in [2.45, 2.75) is 11.8 Å². The second-order valence-corrected chi connectivity index (χ2v) is 7.24. The normalized spacial score (nSPS) is 10.3. The van der Waals surface area contributed by atoms with Gasteiger partial charge in [0.2, 0.25) is 5.91 Å². The number of hydrogen-bond donors (Lipinski definition) is 2. The van der Waals surface area contributed by atoms with Gasteiger partial charge < -0.3 is 10.6 Å². The largest absolute Gasteiger partial charge is 0.343 e. The molecule has 0 spiro atoms. The zero-order valence-electron chi connectivity index (χ0n) is 13.2. The van der Waals surface area contributed by atoms with Gasteiger partial charge in [-0.1, -0.05) is 27.5 Å². The van der Waals surface area contributed by atoms with Crippen LogP contribution in [0, 0.1) is 6.92 Å². The van der Waals surface area contributed by atoms with E-state index in [0.717, 1.165) is 14.9 Å². The van der Waals surface area contributed by atoms with E-state index in [1.54, 1.807) is 18.2 Å². The average molecular weight is 428 g/mol. The number of carbonyl (C=O) groups excluding carboxylic acids is 2.